The van der Waals surface area contributed by atoms with E-state index in [4.69, 9.17) is 4.74 Å². The maximum absolute atomic E-state index is 11.7. The Bertz CT molecular complexity index is 283. The molecule has 18 heavy (non-hydrogen) atoms. The van der Waals surface area contributed by atoms with E-state index < -0.39 is 0 Å². The van der Waals surface area contributed by atoms with E-state index in [-0.39, 0.29) is 5.91 Å². The predicted molar refractivity (Wildman–Crippen MR) is 71.5 cm³/mol. The van der Waals surface area contributed by atoms with Gasteiger partial charge in [0.1, 0.15) is 0 Å². The van der Waals surface area contributed by atoms with Crippen LogP contribution in [0, 0.1) is 0 Å². The first-order valence-corrected chi connectivity index (χ1v) is 7.24. The number of nitrogens with zero attached hydrogens (tertiary/aromatic N) is 2. The van der Waals surface area contributed by atoms with Gasteiger partial charge >= 0.3 is 0 Å². The number of carbonyl (C=O) groups excluding carboxylic acids is 1. The number of hydrogen-bond acceptors (Lipinski definition) is 3. The molecule has 0 saturated carbocycles. The lowest BCUT2D eigenvalue weighted by molar-refractivity contribution is -0.130. The third kappa shape index (κ3) is 3.04. The SMILES string of the molecule is COCCCN1CCC[C@@H]1[C@@H]1CCCN1C(C)=O. The Kier molecular flexibility index (Phi) is 5.01. The summed E-state index contributed by atoms with van der Waals surface area (Å²) in [5.74, 6) is 0.251. The third-order valence-corrected chi connectivity index (χ3v) is 4.36. The number of likely N-dealkylation sites (tertiary alicyclic amines) is 2. The van der Waals surface area contributed by atoms with Crippen LogP contribution in [0.1, 0.15) is 39.0 Å². The molecule has 1 amide bonds. The minimum absolute atomic E-state index is 0.251. The summed E-state index contributed by atoms with van der Waals surface area (Å²) in [5.41, 5.74) is 0. The van der Waals surface area contributed by atoms with Gasteiger partial charge < -0.3 is 9.64 Å². The fourth-order valence-corrected chi connectivity index (χ4v) is 3.56. The average molecular weight is 254 g/mol. The first kappa shape index (κ1) is 13.8. The molecule has 0 aromatic rings. The molecule has 2 fully saturated rings. The number of carbonyl (C=O) groups is 1. The minimum atomic E-state index is 0.251. The molecule has 0 N–H and O–H groups in total. The molecule has 2 heterocycles. The molecular weight excluding hydrogens is 228 g/mol. The maximum atomic E-state index is 11.7. The maximum Gasteiger partial charge on any atom is 0.219 e. The van der Waals surface area contributed by atoms with Gasteiger partial charge in [-0.25, -0.2) is 0 Å². The Morgan fingerprint density at radius 1 is 1.22 bits per heavy atom. The van der Waals surface area contributed by atoms with Crippen molar-refractivity contribution in [2.45, 2.75) is 51.1 Å². The summed E-state index contributed by atoms with van der Waals surface area (Å²) >= 11 is 0. The Morgan fingerprint density at radius 2 is 1.94 bits per heavy atom. The van der Waals surface area contributed by atoms with Gasteiger partial charge in [0.2, 0.25) is 5.91 Å². The monoisotopic (exact) mass is 254 g/mol. The molecule has 104 valence electrons. The molecule has 2 atom stereocenters. The fourth-order valence-electron chi connectivity index (χ4n) is 3.56. The summed E-state index contributed by atoms with van der Waals surface area (Å²) in [6, 6.07) is 1.06. The molecule has 0 radical (unpaired) electrons. The van der Waals surface area contributed by atoms with Crippen molar-refractivity contribution < 1.29 is 9.53 Å². The van der Waals surface area contributed by atoms with Crippen LogP contribution in [-0.4, -0.2) is 61.1 Å². The quantitative estimate of drug-likeness (QED) is 0.697. The predicted octanol–water partition coefficient (Wildman–Crippen LogP) is 1.50. The number of methoxy groups -OCH3 is 1. The topological polar surface area (TPSA) is 32.8 Å². The Balaban J connectivity index is 1.91. The second-order valence-corrected chi connectivity index (χ2v) is 5.51. The van der Waals surface area contributed by atoms with Crippen molar-refractivity contribution in [2.75, 3.05) is 33.4 Å². The van der Waals surface area contributed by atoms with Gasteiger partial charge in [0.15, 0.2) is 0 Å². The van der Waals surface area contributed by atoms with Gasteiger partial charge in [0, 0.05) is 45.8 Å². The number of hydrogen-bond donors (Lipinski definition) is 0. The van der Waals surface area contributed by atoms with Crippen molar-refractivity contribution in [3.05, 3.63) is 0 Å². The summed E-state index contributed by atoms with van der Waals surface area (Å²) in [5, 5.41) is 0. The molecule has 0 bridgehead atoms. The van der Waals surface area contributed by atoms with Gasteiger partial charge in [-0.05, 0) is 38.6 Å². The molecule has 2 rings (SSSR count). The Morgan fingerprint density at radius 3 is 2.67 bits per heavy atom. The van der Waals surface area contributed by atoms with E-state index in [1.807, 2.05) is 0 Å². The van der Waals surface area contributed by atoms with Crippen molar-refractivity contribution in [3.8, 4) is 0 Å². The number of amides is 1. The molecule has 0 unspecified atom stereocenters. The van der Waals surface area contributed by atoms with Crippen LogP contribution in [0.3, 0.4) is 0 Å². The number of ether oxygens (including phenoxy) is 1. The van der Waals surface area contributed by atoms with Crippen LogP contribution in [0.5, 0.6) is 0 Å². The zero-order valence-electron chi connectivity index (χ0n) is 11.7. The van der Waals surface area contributed by atoms with E-state index in [2.05, 4.69) is 9.80 Å². The number of rotatable bonds is 5. The van der Waals surface area contributed by atoms with Gasteiger partial charge in [-0.3, -0.25) is 9.69 Å². The standard InChI is InChI=1S/C14H26N2O2/c1-12(17)16-10-4-7-14(16)13-6-3-8-15(13)9-5-11-18-2/h13-14H,3-11H2,1-2H3/t13-,14+/m1/s1. The molecular formula is C14H26N2O2. The molecule has 2 saturated heterocycles. The van der Waals surface area contributed by atoms with E-state index in [0.29, 0.717) is 12.1 Å². The second-order valence-electron chi connectivity index (χ2n) is 5.51. The molecule has 0 aliphatic carbocycles. The van der Waals surface area contributed by atoms with E-state index in [9.17, 15) is 4.79 Å². The van der Waals surface area contributed by atoms with Gasteiger partial charge in [-0.2, -0.15) is 0 Å². The average Bonchev–Trinajstić information content (AvgIpc) is 2.96. The highest BCUT2D eigenvalue weighted by atomic mass is 16.5. The largest absolute Gasteiger partial charge is 0.385 e. The van der Waals surface area contributed by atoms with Crippen LogP contribution < -0.4 is 0 Å². The lowest BCUT2D eigenvalue weighted by atomic mass is 10.0. The lowest BCUT2D eigenvalue weighted by Gasteiger charge is -2.34. The van der Waals surface area contributed by atoms with Crippen molar-refractivity contribution in [1.29, 1.82) is 0 Å². The molecule has 4 heteroatoms. The van der Waals surface area contributed by atoms with Crippen LogP contribution >= 0.6 is 0 Å². The smallest absolute Gasteiger partial charge is 0.219 e. The zero-order valence-corrected chi connectivity index (χ0v) is 11.7. The van der Waals surface area contributed by atoms with Crippen molar-refractivity contribution in [3.63, 3.8) is 0 Å². The van der Waals surface area contributed by atoms with Crippen molar-refractivity contribution in [1.82, 2.24) is 9.80 Å². The highest BCUT2D eigenvalue weighted by Crippen LogP contribution is 2.30. The first-order chi connectivity index (χ1) is 8.74. The molecule has 0 aromatic heterocycles. The fraction of sp³-hybridized carbons (Fsp3) is 0.929. The molecule has 0 spiro atoms. The molecule has 2 aliphatic heterocycles. The van der Waals surface area contributed by atoms with Crippen molar-refractivity contribution in [2.24, 2.45) is 0 Å². The normalized spacial score (nSPS) is 29.1. The Labute approximate surface area is 110 Å². The van der Waals surface area contributed by atoms with E-state index >= 15 is 0 Å². The first-order valence-electron chi connectivity index (χ1n) is 7.24. The van der Waals surface area contributed by atoms with E-state index in [0.717, 1.165) is 26.1 Å². The van der Waals surface area contributed by atoms with Gasteiger partial charge in [-0.1, -0.05) is 0 Å². The highest BCUT2D eigenvalue weighted by molar-refractivity contribution is 5.74. The van der Waals surface area contributed by atoms with Crippen LogP contribution in [0.2, 0.25) is 0 Å². The second kappa shape index (κ2) is 6.53. The van der Waals surface area contributed by atoms with Crippen LogP contribution in [0.25, 0.3) is 0 Å². The lowest BCUT2D eigenvalue weighted by Crippen LogP contribution is -2.48. The summed E-state index contributed by atoms with van der Waals surface area (Å²) in [6.07, 6.45) is 5.98. The van der Waals surface area contributed by atoms with Crippen molar-refractivity contribution >= 4 is 5.91 Å². The van der Waals surface area contributed by atoms with E-state index in [1.54, 1.807) is 14.0 Å². The van der Waals surface area contributed by atoms with Crippen LogP contribution in [0.15, 0.2) is 0 Å². The van der Waals surface area contributed by atoms with Gasteiger partial charge in [0.05, 0.1) is 0 Å². The van der Waals surface area contributed by atoms with Crippen LogP contribution in [-0.2, 0) is 9.53 Å². The Hall–Kier alpha value is -0.610. The zero-order chi connectivity index (χ0) is 13.0. The highest BCUT2D eigenvalue weighted by Gasteiger charge is 2.38. The molecule has 4 nitrogen and oxygen atoms in total. The third-order valence-electron chi connectivity index (χ3n) is 4.36. The van der Waals surface area contributed by atoms with Crippen LogP contribution in [0.4, 0.5) is 0 Å². The molecule has 2 aliphatic rings. The summed E-state index contributed by atoms with van der Waals surface area (Å²) in [6.45, 7) is 5.81. The summed E-state index contributed by atoms with van der Waals surface area (Å²) < 4.78 is 5.13. The van der Waals surface area contributed by atoms with Gasteiger partial charge in [-0.15, -0.1) is 0 Å². The minimum Gasteiger partial charge on any atom is -0.385 e. The molecule has 0 aromatic carbocycles. The van der Waals surface area contributed by atoms with E-state index in [1.165, 1.54) is 32.2 Å². The van der Waals surface area contributed by atoms with Gasteiger partial charge in [0.25, 0.3) is 0 Å². The summed E-state index contributed by atoms with van der Waals surface area (Å²) in [7, 11) is 1.76. The summed E-state index contributed by atoms with van der Waals surface area (Å²) in [4.78, 5) is 16.3.